The maximum Gasteiger partial charge on any atom is 0.453 e. The molecular formula is C9H10F3N5OS. The van der Waals surface area contributed by atoms with Crippen molar-refractivity contribution in [3.05, 3.63) is 10.8 Å². The van der Waals surface area contributed by atoms with Gasteiger partial charge in [0.2, 0.25) is 4.96 Å². The molecule has 2 aromatic heterocycles. The third-order valence-electron chi connectivity index (χ3n) is 3.03. The second-order valence-corrected chi connectivity index (χ2v) is 5.18. The minimum absolute atomic E-state index is 0.0538. The van der Waals surface area contributed by atoms with Gasteiger partial charge in [0.05, 0.1) is 19.1 Å². The minimum atomic E-state index is -4.56. The van der Waals surface area contributed by atoms with Crippen LogP contribution in [0.1, 0.15) is 16.7 Å². The van der Waals surface area contributed by atoms with Gasteiger partial charge in [-0.05, 0) is 7.05 Å². The van der Waals surface area contributed by atoms with Crippen molar-refractivity contribution in [1.82, 2.24) is 25.1 Å². The van der Waals surface area contributed by atoms with E-state index >= 15 is 0 Å². The highest BCUT2D eigenvalue weighted by Gasteiger charge is 2.39. The zero-order valence-electron chi connectivity index (χ0n) is 9.81. The highest BCUT2D eigenvalue weighted by atomic mass is 32.1. The van der Waals surface area contributed by atoms with Crippen LogP contribution in [-0.4, -0.2) is 46.1 Å². The van der Waals surface area contributed by atoms with Gasteiger partial charge in [-0.2, -0.15) is 22.8 Å². The van der Waals surface area contributed by atoms with Gasteiger partial charge in [0.15, 0.2) is 0 Å². The highest BCUT2D eigenvalue weighted by molar-refractivity contribution is 7.16. The minimum Gasteiger partial charge on any atom is -0.379 e. The summed E-state index contributed by atoms with van der Waals surface area (Å²) in [6, 6.07) is 0.0538. The molecule has 2 aromatic rings. The second kappa shape index (κ2) is 4.39. The molecule has 104 valence electrons. The van der Waals surface area contributed by atoms with Gasteiger partial charge in [-0.25, -0.2) is 0 Å². The van der Waals surface area contributed by atoms with Gasteiger partial charge in [0, 0.05) is 6.04 Å². The van der Waals surface area contributed by atoms with Crippen molar-refractivity contribution in [1.29, 1.82) is 0 Å². The summed E-state index contributed by atoms with van der Waals surface area (Å²) in [6.07, 6.45) is -4.56. The van der Waals surface area contributed by atoms with Crippen molar-refractivity contribution < 1.29 is 17.9 Å². The number of halogens is 3. The van der Waals surface area contributed by atoms with Crippen LogP contribution in [0.5, 0.6) is 0 Å². The SMILES string of the molecule is CNC1COCC1c1nn2c(C(F)(F)F)nnc2s1. The lowest BCUT2D eigenvalue weighted by molar-refractivity contribution is -0.146. The summed E-state index contributed by atoms with van der Waals surface area (Å²) in [6.45, 7) is 0.963. The average molecular weight is 293 g/mol. The topological polar surface area (TPSA) is 64.3 Å². The van der Waals surface area contributed by atoms with Crippen molar-refractivity contribution in [2.24, 2.45) is 0 Å². The molecule has 1 N–H and O–H groups in total. The van der Waals surface area contributed by atoms with Crippen LogP contribution in [0.4, 0.5) is 13.2 Å². The van der Waals surface area contributed by atoms with Gasteiger partial charge in [-0.15, -0.1) is 10.2 Å². The van der Waals surface area contributed by atoms with E-state index in [9.17, 15) is 13.2 Å². The van der Waals surface area contributed by atoms with Crippen LogP contribution in [0.15, 0.2) is 0 Å². The molecule has 0 aromatic carbocycles. The molecule has 0 radical (unpaired) electrons. The van der Waals surface area contributed by atoms with Crippen molar-refractivity contribution in [3.63, 3.8) is 0 Å². The van der Waals surface area contributed by atoms with Gasteiger partial charge in [-0.1, -0.05) is 11.3 Å². The third kappa shape index (κ3) is 2.09. The summed E-state index contributed by atoms with van der Waals surface area (Å²) < 4.78 is 44.1. The van der Waals surface area contributed by atoms with Crippen molar-refractivity contribution in [2.45, 2.75) is 18.1 Å². The standard InChI is InChI=1S/C9H10F3N5OS/c1-13-5-3-18-2-4(5)6-16-17-7(9(10,11)12)14-15-8(17)19-6/h4-5,13H,2-3H2,1H3. The zero-order valence-corrected chi connectivity index (χ0v) is 10.6. The van der Waals surface area contributed by atoms with E-state index in [4.69, 9.17) is 4.74 Å². The predicted octanol–water partition coefficient (Wildman–Crippen LogP) is 0.906. The fraction of sp³-hybridized carbons (Fsp3) is 0.667. The summed E-state index contributed by atoms with van der Waals surface area (Å²) in [7, 11) is 1.79. The van der Waals surface area contributed by atoms with E-state index in [1.54, 1.807) is 7.05 Å². The fourth-order valence-electron chi connectivity index (χ4n) is 2.04. The number of hydrogen-bond donors (Lipinski definition) is 1. The second-order valence-electron chi connectivity index (χ2n) is 4.20. The third-order valence-corrected chi connectivity index (χ3v) is 4.06. The normalized spacial score (nSPS) is 24.4. The van der Waals surface area contributed by atoms with Crippen LogP contribution in [0, 0.1) is 0 Å². The molecule has 1 fully saturated rings. The van der Waals surface area contributed by atoms with Crippen LogP contribution < -0.4 is 5.32 Å². The maximum atomic E-state index is 12.7. The van der Waals surface area contributed by atoms with Gasteiger partial charge < -0.3 is 10.1 Å². The van der Waals surface area contributed by atoms with Gasteiger partial charge in [-0.3, -0.25) is 0 Å². The lowest BCUT2D eigenvalue weighted by Gasteiger charge is -2.13. The Morgan fingerprint density at radius 2 is 2.16 bits per heavy atom. The lowest BCUT2D eigenvalue weighted by atomic mass is 10.1. The number of rotatable bonds is 2. The number of likely N-dealkylation sites (N-methyl/N-ethyl adjacent to an activating group) is 1. The first-order valence-electron chi connectivity index (χ1n) is 5.55. The number of fused-ring (bicyclic) bond motifs is 1. The van der Waals surface area contributed by atoms with Gasteiger partial charge >= 0.3 is 6.18 Å². The van der Waals surface area contributed by atoms with Crippen LogP contribution in [0.3, 0.4) is 0 Å². The Morgan fingerprint density at radius 1 is 1.37 bits per heavy atom. The number of alkyl halides is 3. The van der Waals surface area contributed by atoms with E-state index in [2.05, 4.69) is 20.6 Å². The summed E-state index contributed by atoms with van der Waals surface area (Å²) >= 11 is 1.11. The molecule has 2 atom stereocenters. The number of nitrogens with zero attached hydrogens (tertiary/aromatic N) is 4. The predicted molar refractivity (Wildman–Crippen MR) is 60.1 cm³/mol. The molecule has 2 unspecified atom stereocenters. The van der Waals surface area contributed by atoms with E-state index in [0.717, 1.165) is 15.9 Å². The van der Waals surface area contributed by atoms with Gasteiger partial charge in [0.25, 0.3) is 5.82 Å². The van der Waals surface area contributed by atoms with E-state index in [1.165, 1.54) is 0 Å². The zero-order chi connectivity index (χ0) is 13.6. The number of nitrogens with one attached hydrogen (secondary N) is 1. The molecule has 3 rings (SSSR count). The molecule has 1 aliphatic heterocycles. The number of ether oxygens (including phenoxy) is 1. The quantitative estimate of drug-likeness (QED) is 0.891. The first-order valence-corrected chi connectivity index (χ1v) is 6.36. The molecule has 0 bridgehead atoms. The van der Waals surface area contributed by atoms with Gasteiger partial charge in [0.1, 0.15) is 5.01 Å². The molecule has 0 aliphatic carbocycles. The van der Waals surface area contributed by atoms with Crippen molar-refractivity contribution in [3.8, 4) is 0 Å². The molecule has 1 saturated heterocycles. The number of aromatic nitrogens is 4. The first-order chi connectivity index (χ1) is 9.00. The van der Waals surface area contributed by atoms with Crippen molar-refractivity contribution in [2.75, 3.05) is 20.3 Å². The molecule has 0 spiro atoms. The Balaban J connectivity index is 2.01. The summed E-state index contributed by atoms with van der Waals surface area (Å²) in [5, 5.41) is 14.3. The molecule has 6 nitrogen and oxygen atoms in total. The lowest BCUT2D eigenvalue weighted by Crippen LogP contribution is -2.31. The van der Waals surface area contributed by atoms with E-state index in [1.807, 2.05) is 0 Å². The highest BCUT2D eigenvalue weighted by Crippen LogP contribution is 2.32. The van der Waals surface area contributed by atoms with E-state index < -0.39 is 12.0 Å². The molecule has 0 amide bonds. The summed E-state index contributed by atoms with van der Waals surface area (Å²) in [5.41, 5.74) is 0. The average Bonchev–Trinajstić information content (AvgIpc) is 3.00. The Bertz CT molecular complexity index is 594. The molecule has 10 heteroatoms. The van der Waals surface area contributed by atoms with E-state index in [-0.39, 0.29) is 16.9 Å². The molecular weight excluding hydrogens is 283 g/mol. The maximum absolute atomic E-state index is 12.7. The van der Waals surface area contributed by atoms with E-state index in [0.29, 0.717) is 18.2 Å². The van der Waals surface area contributed by atoms with Crippen LogP contribution in [-0.2, 0) is 10.9 Å². The first kappa shape index (κ1) is 12.8. The Labute approximate surface area is 109 Å². The van der Waals surface area contributed by atoms with Crippen LogP contribution in [0.2, 0.25) is 0 Å². The Morgan fingerprint density at radius 3 is 2.84 bits per heavy atom. The summed E-state index contributed by atoms with van der Waals surface area (Å²) in [5.74, 6) is -1.15. The molecule has 19 heavy (non-hydrogen) atoms. The number of hydrogen-bond acceptors (Lipinski definition) is 6. The monoisotopic (exact) mass is 293 g/mol. The summed E-state index contributed by atoms with van der Waals surface area (Å²) in [4.78, 5) is 0.143. The largest absolute Gasteiger partial charge is 0.453 e. The van der Waals surface area contributed by atoms with Crippen molar-refractivity contribution >= 4 is 16.3 Å². The fourth-order valence-corrected chi connectivity index (χ4v) is 3.03. The smallest absolute Gasteiger partial charge is 0.379 e. The Hall–Kier alpha value is -1.26. The Kier molecular flexibility index (Phi) is 2.95. The van der Waals surface area contributed by atoms with Crippen LogP contribution in [0.25, 0.3) is 4.96 Å². The molecule has 0 saturated carbocycles. The van der Waals surface area contributed by atoms with Crippen LogP contribution >= 0.6 is 11.3 Å². The molecule has 3 heterocycles. The molecule has 1 aliphatic rings.